The summed E-state index contributed by atoms with van der Waals surface area (Å²) in [4.78, 5) is 15.0. The van der Waals surface area contributed by atoms with Crippen LogP contribution in [0, 0.1) is 18.6 Å². The van der Waals surface area contributed by atoms with Gasteiger partial charge in [-0.3, -0.25) is 0 Å². The zero-order valence-corrected chi connectivity index (χ0v) is 28.1. The number of aryl methyl sites for hydroxylation is 1. The molecule has 7 aromatic carbocycles. The maximum Gasteiger partial charge on any atom is 0.166 e. The van der Waals surface area contributed by atoms with Crippen LogP contribution in [0.15, 0.2) is 164 Å². The fourth-order valence-electron chi connectivity index (χ4n) is 7.00. The number of para-hydroxylation sites is 1. The van der Waals surface area contributed by atoms with E-state index >= 15 is 8.78 Å². The first-order valence-electron chi connectivity index (χ1n) is 17.1. The van der Waals surface area contributed by atoms with Crippen molar-refractivity contribution in [1.29, 1.82) is 0 Å². The Morgan fingerprint density at radius 1 is 0.423 bits per heavy atom. The molecule has 0 bridgehead atoms. The molecule has 0 aliphatic heterocycles. The van der Waals surface area contributed by atoms with Crippen LogP contribution in [0.2, 0.25) is 0 Å². The number of nitrogens with zero attached hydrogens (tertiary/aromatic N) is 4. The van der Waals surface area contributed by atoms with Crippen molar-refractivity contribution in [3.8, 4) is 62.1 Å². The highest BCUT2D eigenvalue weighted by Crippen LogP contribution is 2.40. The van der Waals surface area contributed by atoms with E-state index in [1.54, 1.807) is 12.1 Å². The van der Waals surface area contributed by atoms with Gasteiger partial charge in [0.25, 0.3) is 0 Å². The molecule has 4 nitrogen and oxygen atoms in total. The summed E-state index contributed by atoms with van der Waals surface area (Å²) in [5, 5.41) is 2.16. The second-order valence-electron chi connectivity index (χ2n) is 12.8. The molecular formula is C46H30F2N4. The molecule has 0 aliphatic rings. The average Bonchev–Trinajstić information content (AvgIpc) is 3.52. The molecule has 248 valence electrons. The van der Waals surface area contributed by atoms with Crippen LogP contribution < -0.4 is 0 Å². The van der Waals surface area contributed by atoms with E-state index in [0.29, 0.717) is 28.6 Å². The van der Waals surface area contributed by atoms with Gasteiger partial charge in [-0.15, -0.1) is 0 Å². The summed E-state index contributed by atoms with van der Waals surface area (Å²) in [5.74, 6) is 0.0593. The normalized spacial score (nSPS) is 11.4. The number of hydrogen-bond donors (Lipinski definition) is 0. The van der Waals surface area contributed by atoms with E-state index in [1.807, 2.05) is 78.9 Å². The van der Waals surface area contributed by atoms with Gasteiger partial charge in [0.2, 0.25) is 0 Å². The SMILES string of the molecule is Cc1cccc(-c2ccc3c(c2)c2ccccc2n3-c2ccc(-c3c(F)cccc3F)cc2-c2nc(-c3ccccc3)nc(-c3ccccc3)n2)c1. The van der Waals surface area contributed by atoms with Crippen LogP contribution in [0.4, 0.5) is 8.78 Å². The monoisotopic (exact) mass is 676 g/mol. The Labute approximate surface area is 299 Å². The van der Waals surface area contributed by atoms with Crippen LogP contribution in [0.1, 0.15) is 5.56 Å². The van der Waals surface area contributed by atoms with Crippen molar-refractivity contribution in [2.75, 3.05) is 0 Å². The Morgan fingerprint density at radius 3 is 1.67 bits per heavy atom. The molecule has 0 aliphatic carbocycles. The van der Waals surface area contributed by atoms with Crippen LogP contribution >= 0.6 is 0 Å². The molecule has 0 amide bonds. The lowest BCUT2D eigenvalue weighted by molar-refractivity contribution is 0.589. The molecule has 2 heterocycles. The second-order valence-corrected chi connectivity index (χ2v) is 12.8. The van der Waals surface area contributed by atoms with Crippen LogP contribution in [-0.2, 0) is 0 Å². The van der Waals surface area contributed by atoms with Gasteiger partial charge in [-0.2, -0.15) is 0 Å². The van der Waals surface area contributed by atoms with Crippen molar-refractivity contribution in [2.45, 2.75) is 6.92 Å². The van der Waals surface area contributed by atoms with Crippen LogP contribution in [0.5, 0.6) is 0 Å². The van der Waals surface area contributed by atoms with Crippen LogP contribution in [0.3, 0.4) is 0 Å². The number of benzene rings is 7. The van der Waals surface area contributed by atoms with E-state index in [9.17, 15) is 0 Å². The third-order valence-corrected chi connectivity index (χ3v) is 9.45. The fraction of sp³-hybridized carbons (Fsp3) is 0.0217. The van der Waals surface area contributed by atoms with E-state index < -0.39 is 11.6 Å². The molecule has 0 saturated heterocycles. The molecule has 0 radical (unpaired) electrons. The summed E-state index contributed by atoms with van der Waals surface area (Å²) < 4.78 is 32.9. The third kappa shape index (κ3) is 5.51. The van der Waals surface area contributed by atoms with Gasteiger partial charge in [0.15, 0.2) is 17.5 Å². The maximum absolute atomic E-state index is 15.3. The number of hydrogen-bond acceptors (Lipinski definition) is 3. The first-order chi connectivity index (χ1) is 25.5. The van der Waals surface area contributed by atoms with Gasteiger partial charge in [0, 0.05) is 27.5 Å². The molecule has 52 heavy (non-hydrogen) atoms. The average molecular weight is 677 g/mol. The highest BCUT2D eigenvalue weighted by atomic mass is 19.1. The number of fused-ring (bicyclic) bond motifs is 3. The molecular weight excluding hydrogens is 647 g/mol. The van der Waals surface area contributed by atoms with E-state index in [1.165, 1.54) is 23.8 Å². The third-order valence-electron chi connectivity index (χ3n) is 9.45. The molecule has 0 unspecified atom stereocenters. The van der Waals surface area contributed by atoms with Crippen molar-refractivity contribution >= 4 is 21.8 Å². The maximum atomic E-state index is 15.3. The molecule has 9 rings (SSSR count). The fourth-order valence-corrected chi connectivity index (χ4v) is 7.00. The summed E-state index contributed by atoms with van der Waals surface area (Å²) >= 11 is 0. The Balaban J connectivity index is 1.35. The highest BCUT2D eigenvalue weighted by Gasteiger charge is 2.22. The van der Waals surface area contributed by atoms with Gasteiger partial charge in [-0.1, -0.05) is 127 Å². The zero-order valence-electron chi connectivity index (χ0n) is 28.1. The minimum absolute atomic E-state index is 0.110. The summed E-state index contributed by atoms with van der Waals surface area (Å²) in [7, 11) is 0. The predicted octanol–water partition coefficient (Wildman–Crippen LogP) is 11.9. The molecule has 9 aromatic rings. The molecule has 0 N–H and O–H groups in total. The van der Waals surface area contributed by atoms with Gasteiger partial charge >= 0.3 is 0 Å². The lowest BCUT2D eigenvalue weighted by Crippen LogP contribution is -2.04. The predicted molar refractivity (Wildman–Crippen MR) is 206 cm³/mol. The van der Waals surface area contributed by atoms with Gasteiger partial charge in [0.05, 0.1) is 22.3 Å². The first-order valence-corrected chi connectivity index (χ1v) is 17.1. The van der Waals surface area contributed by atoms with Crippen molar-refractivity contribution in [1.82, 2.24) is 19.5 Å². The van der Waals surface area contributed by atoms with E-state index in [4.69, 9.17) is 15.0 Å². The summed E-state index contributed by atoms with van der Waals surface area (Å²) in [5.41, 5.74) is 8.67. The number of halogens is 2. The largest absolute Gasteiger partial charge is 0.309 e. The standard InChI is InChI=1S/C46H30F2N4/c1-29-12-10-17-32(26-29)33-22-24-41-36(27-33)35-18-8-9-21-40(35)52(41)42-25-23-34(43-38(47)19-11-20-39(43)48)28-37(42)46-50-44(30-13-4-2-5-14-30)49-45(51-46)31-15-6-3-7-16-31/h2-28H,1H3. The highest BCUT2D eigenvalue weighted by molar-refractivity contribution is 6.11. The Kier molecular flexibility index (Phi) is 7.70. The van der Waals surface area contributed by atoms with E-state index in [2.05, 4.69) is 66.1 Å². The molecule has 0 fully saturated rings. The summed E-state index contributed by atoms with van der Waals surface area (Å²) in [6, 6.07) is 52.1. The summed E-state index contributed by atoms with van der Waals surface area (Å²) in [6.07, 6.45) is 0. The molecule has 6 heteroatoms. The lowest BCUT2D eigenvalue weighted by Gasteiger charge is -2.17. The quantitative estimate of drug-likeness (QED) is 0.176. The molecule has 2 aromatic heterocycles. The van der Waals surface area contributed by atoms with Crippen molar-refractivity contribution in [3.05, 3.63) is 181 Å². The van der Waals surface area contributed by atoms with Crippen LogP contribution in [0.25, 0.3) is 83.9 Å². The Morgan fingerprint density at radius 2 is 0.981 bits per heavy atom. The Bertz CT molecular complexity index is 2700. The van der Waals surface area contributed by atoms with Gasteiger partial charge in [-0.25, -0.2) is 23.7 Å². The molecule has 0 spiro atoms. The second kappa shape index (κ2) is 12.8. The number of aromatic nitrogens is 4. The number of rotatable bonds is 6. The van der Waals surface area contributed by atoms with E-state index in [-0.39, 0.29) is 5.56 Å². The Hall–Kier alpha value is -6.79. The lowest BCUT2D eigenvalue weighted by atomic mass is 9.99. The van der Waals surface area contributed by atoms with Crippen molar-refractivity contribution in [2.24, 2.45) is 0 Å². The van der Waals surface area contributed by atoms with Gasteiger partial charge in [0.1, 0.15) is 11.6 Å². The van der Waals surface area contributed by atoms with Crippen molar-refractivity contribution < 1.29 is 8.78 Å². The topological polar surface area (TPSA) is 43.6 Å². The summed E-state index contributed by atoms with van der Waals surface area (Å²) in [6.45, 7) is 2.10. The molecule has 0 atom stereocenters. The zero-order chi connectivity index (χ0) is 35.2. The molecule has 0 saturated carbocycles. The minimum atomic E-state index is -0.648. The van der Waals surface area contributed by atoms with Crippen LogP contribution in [-0.4, -0.2) is 19.5 Å². The first kappa shape index (κ1) is 31.2. The van der Waals surface area contributed by atoms with Gasteiger partial charge in [-0.05, 0) is 66.1 Å². The smallest absolute Gasteiger partial charge is 0.166 e. The minimum Gasteiger partial charge on any atom is -0.309 e. The van der Waals surface area contributed by atoms with Gasteiger partial charge < -0.3 is 4.57 Å². The van der Waals surface area contributed by atoms with Crippen molar-refractivity contribution in [3.63, 3.8) is 0 Å². The van der Waals surface area contributed by atoms with E-state index in [0.717, 1.165) is 49.7 Å².